The van der Waals surface area contributed by atoms with Crippen molar-refractivity contribution in [3.8, 4) is 0 Å². The highest BCUT2D eigenvalue weighted by Crippen LogP contribution is 2.37. The van der Waals surface area contributed by atoms with E-state index in [9.17, 15) is 25.1 Å². The average Bonchev–Trinajstić information content (AvgIpc) is 2.78. The van der Waals surface area contributed by atoms with Gasteiger partial charge in [-0.15, -0.1) is 0 Å². The maximum absolute atomic E-state index is 12.8. The first-order chi connectivity index (χ1) is 14.9. The van der Waals surface area contributed by atoms with Gasteiger partial charge in [0.05, 0.1) is 23.7 Å². The Morgan fingerprint density at radius 3 is 2.29 bits per heavy atom. The second-order valence-corrected chi connectivity index (χ2v) is 8.32. The molecule has 1 saturated carbocycles. The van der Waals surface area contributed by atoms with E-state index in [0.717, 1.165) is 25.7 Å². The third kappa shape index (κ3) is 5.81. The lowest BCUT2D eigenvalue weighted by molar-refractivity contribution is -0.386. The molecule has 8 heteroatoms. The van der Waals surface area contributed by atoms with Crippen LogP contribution in [0.3, 0.4) is 0 Å². The van der Waals surface area contributed by atoms with Crippen LogP contribution < -0.4 is 0 Å². The molecule has 0 bridgehead atoms. The summed E-state index contributed by atoms with van der Waals surface area (Å²) >= 11 is 5.99. The lowest BCUT2D eigenvalue weighted by Crippen LogP contribution is -2.19. The predicted octanol–water partition coefficient (Wildman–Crippen LogP) is 4.84. The highest BCUT2D eigenvalue weighted by Gasteiger charge is 2.30. The van der Waals surface area contributed by atoms with E-state index in [1.165, 1.54) is 18.6 Å². The van der Waals surface area contributed by atoms with E-state index in [1.807, 2.05) is 0 Å². The molecule has 0 heterocycles. The number of nitrogens with zero attached hydrogens (tertiary/aromatic N) is 1. The van der Waals surface area contributed by atoms with Crippen LogP contribution in [0.2, 0.25) is 5.02 Å². The summed E-state index contributed by atoms with van der Waals surface area (Å²) in [6, 6.07) is 9.21. The number of rotatable bonds is 8. The quantitative estimate of drug-likeness (QED) is 0.340. The molecule has 2 aromatic carbocycles. The molecule has 31 heavy (non-hydrogen) atoms. The minimum absolute atomic E-state index is 0.144. The Labute approximate surface area is 185 Å². The third-order valence-corrected chi connectivity index (χ3v) is 6.02. The number of esters is 1. The summed E-state index contributed by atoms with van der Waals surface area (Å²) in [5.41, 5.74) is 0.981. The molecular weight excluding hydrogens is 422 g/mol. The fourth-order valence-electron chi connectivity index (χ4n) is 4.11. The van der Waals surface area contributed by atoms with Gasteiger partial charge < -0.3 is 14.9 Å². The van der Waals surface area contributed by atoms with Gasteiger partial charge >= 0.3 is 5.97 Å². The number of hydrogen-bond acceptors (Lipinski definition) is 6. The van der Waals surface area contributed by atoms with Gasteiger partial charge in [0, 0.05) is 17.5 Å². The van der Waals surface area contributed by atoms with E-state index in [1.54, 1.807) is 24.3 Å². The number of halogens is 1. The minimum atomic E-state index is -1.04. The molecule has 1 aliphatic carbocycles. The van der Waals surface area contributed by atoms with Crippen molar-refractivity contribution in [2.75, 3.05) is 0 Å². The van der Waals surface area contributed by atoms with E-state index >= 15 is 0 Å². The molecule has 0 aromatic heterocycles. The van der Waals surface area contributed by atoms with Crippen molar-refractivity contribution in [1.82, 2.24) is 0 Å². The lowest BCUT2D eigenvalue weighted by Gasteiger charge is -2.24. The molecule has 3 rings (SSSR count). The summed E-state index contributed by atoms with van der Waals surface area (Å²) in [6.45, 7) is -0.867. The fourth-order valence-corrected chi connectivity index (χ4v) is 4.24. The Morgan fingerprint density at radius 2 is 1.71 bits per heavy atom. The topological polar surface area (TPSA) is 110 Å². The number of nitro groups is 1. The minimum Gasteiger partial charge on any atom is -0.452 e. The van der Waals surface area contributed by atoms with E-state index < -0.39 is 30.2 Å². The molecule has 2 N–H and O–H groups in total. The van der Waals surface area contributed by atoms with Crippen molar-refractivity contribution in [2.45, 2.75) is 57.8 Å². The van der Waals surface area contributed by atoms with Crippen LogP contribution in [0.1, 0.15) is 66.9 Å². The Balaban J connectivity index is 2.00. The number of aliphatic hydroxyl groups is 2. The first-order valence-electron chi connectivity index (χ1n) is 10.4. The van der Waals surface area contributed by atoms with Crippen molar-refractivity contribution in [2.24, 2.45) is 5.92 Å². The van der Waals surface area contributed by atoms with Gasteiger partial charge in [0.2, 0.25) is 0 Å². The SMILES string of the molecule is O=C(CC1CCCCC1)OC(c1ccc(Cl)cc1)c1cc(CO)c(CO)cc1[N+](=O)[O-]. The van der Waals surface area contributed by atoms with Gasteiger partial charge in [-0.1, -0.05) is 43.0 Å². The molecule has 0 radical (unpaired) electrons. The molecular formula is C23H26ClNO6. The largest absolute Gasteiger partial charge is 0.452 e. The molecule has 1 fully saturated rings. The number of hydrogen-bond donors (Lipinski definition) is 2. The number of aliphatic hydroxyl groups excluding tert-OH is 2. The number of ether oxygens (including phenoxy) is 1. The summed E-state index contributed by atoms with van der Waals surface area (Å²) in [5.74, 6) is -0.162. The van der Waals surface area contributed by atoms with E-state index in [0.29, 0.717) is 16.1 Å². The van der Waals surface area contributed by atoms with E-state index in [4.69, 9.17) is 16.3 Å². The Hall–Kier alpha value is -2.48. The molecule has 166 valence electrons. The molecule has 1 aliphatic rings. The van der Waals surface area contributed by atoms with Gasteiger partial charge in [0.1, 0.15) is 0 Å². The van der Waals surface area contributed by atoms with Crippen molar-refractivity contribution >= 4 is 23.3 Å². The van der Waals surface area contributed by atoms with Crippen LogP contribution in [0.25, 0.3) is 0 Å². The molecule has 7 nitrogen and oxygen atoms in total. The number of carbonyl (C=O) groups is 1. The summed E-state index contributed by atoms with van der Waals surface area (Å²) in [6.07, 6.45) is 4.53. The lowest BCUT2D eigenvalue weighted by atomic mass is 9.87. The van der Waals surface area contributed by atoms with Gasteiger partial charge in [0.25, 0.3) is 5.69 Å². The van der Waals surface area contributed by atoms with Crippen LogP contribution in [0.15, 0.2) is 36.4 Å². The van der Waals surface area contributed by atoms with Gasteiger partial charge in [-0.25, -0.2) is 0 Å². The summed E-state index contributed by atoms with van der Waals surface area (Å²) in [5, 5.41) is 31.5. The number of carbonyl (C=O) groups excluding carboxylic acids is 1. The summed E-state index contributed by atoms with van der Waals surface area (Å²) in [7, 11) is 0. The van der Waals surface area contributed by atoms with Gasteiger partial charge in [-0.3, -0.25) is 14.9 Å². The van der Waals surface area contributed by atoms with Gasteiger partial charge in [-0.2, -0.15) is 0 Å². The normalized spacial score (nSPS) is 15.5. The molecule has 1 unspecified atom stereocenters. The van der Waals surface area contributed by atoms with Crippen molar-refractivity contribution in [3.05, 3.63) is 73.8 Å². The van der Waals surface area contributed by atoms with Crippen LogP contribution >= 0.6 is 11.6 Å². The summed E-state index contributed by atoms with van der Waals surface area (Å²) in [4.78, 5) is 24.0. The van der Waals surface area contributed by atoms with E-state index in [-0.39, 0.29) is 29.2 Å². The zero-order chi connectivity index (χ0) is 22.4. The molecule has 0 amide bonds. The van der Waals surface area contributed by atoms with Crippen LogP contribution in [-0.4, -0.2) is 21.1 Å². The smallest absolute Gasteiger partial charge is 0.307 e. The van der Waals surface area contributed by atoms with Crippen LogP contribution in [0.4, 0.5) is 5.69 Å². The van der Waals surface area contributed by atoms with Crippen LogP contribution in [-0.2, 0) is 22.7 Å². The van der Waals surface area contributed by atoms with Gasteiger partial charge in [0.15, 0.2) is 6.10 Å². The summed E-state index contributed by atoms with van der Waals surface area (Å²) < 4.78 is 5.80. The molecule has 0 spiro atoms. The maximum Gasteiger partial charge on any atom is 0.307 e. The first-order valence-corrected chi connectivity index (χ1v) is 10.8. The maximum atomic E-state index is 12.8. The van der Waals surface area contributed by atoms with Gasteiger partial charge in [-0.05, 0) is 53.6 Å². The fraction of sp³-hybridized carbons (Fsp3) is 0.435. The average molecular weight is 448 g/mol. The van der Waals surface area contributed by atoms with Crippen molar-refractivity contribution in [1.29, 1.82) is 0 Å². The monoisotopic (exact) mass is 447 g/mol. The Kier molecular flexibility index (Phi) is 8.01. The highest BCUT2D eigenvalue weighted by atomic mass is 35.5. The Bertz CT molecular complexity index is 924. The van der Waals surface area contributed by atoms with E-state index in [2.05, 4.69) is 0 Å². The third-order valence-electron chi connectivity index (χ3n) is 5.77. The number of benzene rings is 2. The number of nitro benzene ring substituents is 1. The second-order valence-electron chi connectivity index (χ2n) is 7.88. The predicted molar refractivity (Wildman–Crippen MR) is 116 cm³/mol. The van der Waals surface area contributed by atoms with Crippen molar-refractivity contribution in [3.63, 3.8) is 0 Å². The second kappa shape index (κ2) is 10.7. The van der Waals surface area contributed by atoms with Crippen molar-refractivity contribution < 1.29 is 24.7 Å². The van der Waals surface area contributed by atoms with Crippen LogP contribution in [0, 0.1) is 16.0 Å². The first kappa shape index (κ1) is 23.2. The molecule has 1 atom stereocenters. The zero-order valence-electron chi connectivity index (χ0n) is 17.1. The zero-order valence-corrected chi connectivity index (χ0v) is 17.9. The molecule has 0 aliphatic heterocycles. The highest BCUT2D eigenvalue weighted by molar-refractivity contribution is 6.30. The standard InChI is InChI=1S/C23H26ClNO6/c24-19-8-6-16(7-9-19)23(31-22(28)10-15-4-2-1-3-5-15)20-11-17(13-26)18(14-27)12-21(20)25(29)30/h6-9,11-12,15,23,26-27H,1-5,10,13-14H2. The Morgan fingerprint density at radius 1 is 1.10 bits per heavy atom. The molecule has 0 saturated heterocycles. The molecule has 2 aromatic rings. The van der Waals surface area contributed by atoms with Crippen LogP contribution in [0.5, 0.6) is 0 Å².